The number of carbonyl (C=O) groups is 1. The van der Waals surface area contributed by atoms with Crippen molar-refractivity contribution in [3.05, 3.63) is 41.1 Å². The Morgan fingerprint density at radius 2 is 2.10 bits per heavy atom. The summed E-state index contributed by atoms with van der Waals surface area (Å²) in [4.78, 5) is 14.6. The predicted molar refractivity (Wildman–Crippen MR) is 73.2 cm³/mol. The van der Waals surface area contributed by atoms with Crippen molar-refractivity contribution in [3.63, 3.8) is 0 Å². The topological polar surface area (TPSA) is 109 Å². The van der Waals surface area contributed by atoms with Crippen LogP contribution in [-0.2, 0) is 0 Å². The molecule has 0 atom stereocenters. The van der Waals surface area contributed by atoms with E-state index in [2.05, 4.69) is 4.98 Å². The minimum atomic E-state index is -1.67. The van der Waals surface area contributed by atoms with Gasteiger partial charge in [-0.2, -0.15) is 0 Å². The van der Waals surface area contributed by atoms with Gasteiger partial charge in [0, 0.05) is 11.3 Å². The van der Waals surface area contributed by atoms with Crippen molar-refractivity contribution < 1.29 is 19.7 Å². The number of benzene rings is 1. The lowest BCUT2D eigenvalue weighted by Crippen LogP contribution is -2.13. The van der Waals surface area contributed by atoms with Gasteiger partial charge in [0.15, 0.2) is 6.29 Å². The first-order valence-electron chi connectivity index (χ1n) is 5.98. The number of aromatic amines is 1. The van der Waals surface area contributed by atoms with E-state index in [0.717, 1.165) is 5.69 Å². The van der Waals surface area contributed by atoms with Gasteiger partial charge in [-0.05, 0) is 25.1 Å². The van der Waals surface area contributed by atoms with Gasteiger partial charge in [-0.25, -0.2) is 0 Å². The van der Waals surface area contributed by atoms with Gasteiger partial charge in [-0.3, -0.25) is 4.79 Å². The maximum Gasteiger partial charge on any atom is 0.249 e. The highest BCUT2D eigenvalue weighted by atomic mass is 16.5. The number of aliphatic hydroxyl groups excluding tert-OH is 1. The van der Waals surface area contributed by atoms with Crippen LogP contribution in [0.4, 0.5) is 0 Å². The van der Waals surface area contributed by atoms with Crippen LogP contribution in [0.2, 0.25) is 0 Å². The average molecular weight is 276 g/mol. The Kier molecular flexibility index (Phi) is 3.78. The minimum absolute atomic E-state index is 0.244. The fourth-order valence-corrected chi connectivity index (χ4v) is 2.19. The van der Waals surface area contributed by atoms with E-state index in [0.29, 0.717) is 17.0 Å². The zero-order chi connectivity index (χ0) is 14.9. The third kappa shape index (κ3) is 2.38. The number of methoxy groups -OCH3 is 1. The van der Waals surface area contributed by atoms with Gasteiger partial charge in [-0.1, -0.05) is 6.07 Å². The molecule has 0 radical (unpaired) electrons. The van der Waals surface area contributed by atoms with Crippen molar-refractivity contribution in [1.29, 1.82) is 0 Å². The van der Waals surface area contributed by atoms with Crippen LogP contribution in [0.5, 0.6) is 5.75 Å². The number of rotatable bonds is 4. The SMILES string of the molecule is COc1cccc(C(N)=O)c1-c1[nH]c(C)cc1C(O)O. The Bertz CT molecular complexity index is 647. The summed E-state index contributed by atoms with van der Waals surface area (Å²) in [7, 11) is 1.47. The van der Waals surface area contributed by atoms with Crippen LogP contribution >= 0.6 is 0 Å². The molecule has 1 aromatic carbocycles. The third-order valence-corrected chi connectivity index (χ3v) is 3.02. The molecule has 0 saturated heterocycles. The molecule has 106 valence electrons. The Hall–Kier alpha value is -2.31. The second kappa shape index (κ2) is 5.36. The highest BCUT2D eigenvalue weighted by Crippen LogP contribution is 2.36. The number of primary amides is 1. The van der Waals surface area contributed by atoms with Crippen molar-refractivity contribution in [2.75, 3.05) is 7.11 Å². The van der Waals surface area contributed by atoms with Gasteiger partial charge >= 0.3 is 0 Å². The lowest BCUT2D eigenvalue weighted by molar-refractivity contribution is -0.0419. The van der Waals surface area contributed by atoms with Gasteiger partial charge in [0.1, 0.15) is 5.75 Å². The second-order valence-corrected chi connectivity index (χ2v) is 4.40. The van der Waals surface area contributed by atoms with Gasteiger partial charge in [-0.15, -0.1) is 0 Å². The van der Waals surface area contributed by atoms with Crippen LogP contribution in [-0.4, -0.2) is 28.2 Å². The fourth-order valence-electron chi connectivity index (χ4n) is 2.19. The number of hydrogen-bond donors (Lipinski definition) is 4. The Morgan fingerprint density at radius 3 is 2.65 bits per heavy atom. The van der Waals surface area contributed by atoms with E-state index >= 15 is 0 Å². The first kappa shape index (κ1) is 14.1. The smallest absolute Gasteiger partial charge is 0.249 e. The van der Waals surface area contributed by atoms with Gasteiger partial charge < -0.3 is 25.7 Å². The molecule has 0 unspecified atom stereocenters. The first-order valence-corrected chi connectivity index (χ1v) is 5.98. The van der Waals surface area contributed by atoms with Crippen LogP contribution in [0, 0.1) is 6.92 Å². The Labute approximate surface area is 115 Å². The van der Waals surface area contributed by atoms with Gasteiger partial charge in [0.2, 0.25) is 5.91 Å². The molecule has 5 N–H and O–H groups in total. The van der Waals surface area contributed by atoms with Crippen molar-refractivity contribution in [2.45, 2.75) is 13.2 Å². The monoisotopic (exact) mass is 276 g/mol. The van der Waals surface area contributed by atoms with E-state index < -0.39 is 12.2 Å². The molecular formula is C14H16N2O4. The highest BCUT2D eigenvalue weighted by molar-refractivity contribution is 6.01. The van der Waals surface area contributed by atoms with Crippen LogP contribution in [0.1, 0.15) is 27.9 Å². The van der Waals surface area contributed by atoms with Gasteiger partial charge in [0.05, 0.1) is 23.9 Å². The standard InChI is InChI=1S/C14H16N2O4/c1-7-6-9(14(18)19)12(16-7)11-8(13(15)17)4-3-5-10(11)20-2/h3-6,14,16,18-19H,1-2H3,(H2,15,17). The highest BCUT2D eigenvalue weighted by Gasteiger charge is 2.22. The number of hydrogen-bond acceptors (Lipinski definition) is 4. The first-order chi connectivity index (χ1) is 9.45. The molecule has 20 heavy (non-hydrogen) atoms. The van der Waals surface area contributed by atoms with Crippen LogP contribution < -0.4 is 10.5 Å². The molecule has 2 rings (SSSR count). The van der Waals surface area contributed by atoms with E-state index in [-0.39, 0.29) is 11.1 Å². The van der Waals surface area contributed by atoms with E-state index in [1.54, 1.807) is 31.2 Å². The molecule has 6 nitrogen and oxygen atoms in total. The number of nitrogens with one attached hydrogen (secondary N) is 1. The number of aliphatic hydroxyl groups is 2. The van der Waals surface area contributed by atoms with E-state index in [4.69, 9.17) is 10.5 Å². The third-order valence-electron chi connectivity index (χ3n) is 3.02. The van der Waals surface area contributed by atoms with Crippen molar-refractivity contribution in [2.24, 2.45) is 5.73 Å². The number of carbonyl (C=O) groups excluding carboxylic acids is 1. The number of amides is 1. The molecule has 2 aromatic rings. The van der Waals surface area contributed by atoms with Crippen molar-refractivity contribution >= 4 is 5.91 Å². The normalized spacial score (nSPS) is 10.8. The minimum Gasteiger partial charge on any atom is -0.496 e. The quantitative estimate of drug-likeness (QED) is 0.626. The largest absolute Gasteiger partial charge is 0.496 e. The maximum absolute atomic E-state index is 11.6. The fraction of sp³-hybridized carbons (Fsp3) is 0.214. The number of aryl methyl sites for hydroxylation is 1. The van der Waals surface area contributed by atoms with Crippen LogP contribution in [0.3, 0.4) is 0 Å². The second-order valence-electron chi connectivity index (χ2n) is 4.40. The molecule has 0 aliphatic carbocycles. The van der Waals surface area contributed by atoms with Crippen LogP contribution in [0.25, 0.3) is 11.3 Å². The molecule has 0 bridgehead atoms. The lowest BCUT2D eigenvalue weighted by atomic mass is 10.00. The van der Waals surface area contributed by atoms with E-state index in [1.165, 1.54) is 7.11 Å². The maximum atomic E-state index is 11.6. The van der Waals surface area contributed by atoms with Crippen molar-refractivity contribution in [3.8, 4) is 17.0 Å². The molecule has 1 heterocycles. The summed E-state index contributed by atoms with van der Waals surface area (Å²) in [5, 5.41) is 18.9. The van der Waals surface area contributed by atoms with Crippen molar-refractivity contribution in [1.82, 2.24) is 4.98 Å². The molecule has 0 spiro atoms. The molecule has 0 aliphatic rings. The Morgan fingerprint density at radius 1 is 1.40 bits per heavy atom. The molecule has 6 heteroatoms. The van der Waals surface area contributed by atoms with E-state index in [1.807, 2.05) is 0 Å². The van der Waals surface area contributed by atoms with Crippen LogP contribution in [0.15, 0.2) is 24.3 Å². The zero-order valence-corrected chi connectivity index (χ0v) is 11.2. The Balaban J connectivity index is 2.77. The summed E-state index contributed by atoms with van der Waals surface area (Å²) in [6, 6.07) is 6.47. The van der Waals surface area contributed by atoms with Gasteiger partial charge in [0.25, 0.3) is 0 Å². The molecule has 1 aromatic heterocycles. The zero-order valence-electron chi connectivity index (χ0n) is 11.2. The molecule has 0 saturated carbocycles. The number of ether oxygens (including phenoxy) is 1. The lowest BCUT2D eigenvalue weighted by Gasteiger charge is -2.13. The summed E-state index contributed by atoms with van der Waals surface area (Å²) in [5.41, 5.74) is 7.43. The molecule has 0 fully saturated rings. The predicted octanol–water partition coefficient (Wildman–Crippen LogP) is 1.08. The number of nitrogens with two attached hydrogens (primary N) is 1. The summed E-state index contributed by atoms with van der Waals surface area (Å²) < 4.78 is 5.24. The van der Waals surface area contributed by atoms with E-state index in [9.17, 15) is 15.0 Å². The summed E-state index contributed by atoms with van der Waals surface area (Å²) in [6.07, 6.45) is -1.67. The summed E-state index contributed by atoms with van der Waals surface area (Å²) in [6.45, 7) is 1.77. The molecule has 0 aliphatic heterocycles. The number of H-pyrrole nitrogens is 1. The summed E-state index contributed by atoms with van der Waals surface area (Å²) in [5.74, 6) is -0.199. The summed E-state index contributed by atoms with van der Waals surface area (Å²) >= 11 is 0. The molecular weight excluding hydrogens is 260 g/mol. The average Bonchev–Trinajstić information content (AvgIpc) is 2.79. The molecule has 1 amide bonds. The number of aromatic nitrogens is 1.